The fourth-order valence-corrected chi connectivity index (χ4v) is 2.19. The smallest absolute Gasteiger partial charge is 0.159 e. The van der Waals surface area contributed by atoms with Gasteiger partial charge in [0, 0.05) is 44.4 Å². The van der Waals surface area contributed by atoms with Crippen molar-refractivity contribution < 1.29 is 4.74 Å². The van der Waals surface area contributed by atoms with E-state index in [9.17, 15) is 0 Å². The number of pyridine rings is 2. The lowest BCUT2D eigenvalue weighted by atomic mass is 10.1. The average molecular weight is 268 g/mol. The summed E-state index contributed by atoms with van der Waals surface area (Å²) in [5.74, 6) is 0. The molecule has 0 amide bonds. The molecule has 5 nitrogen and oxygen atoms in total. The van der Waals surface area contributed by atoms with Crippen LogP contribution in [0.4, 0.5) is 0 Å². The molecule has 20 heavy (non-hydrogen) atoms. The zero-order chi connectivity index (χ0) is 13.8. The molecular weight excluding hydrogens is 252 g/mol. The lowest BCUT2D eigenvalue weighted by Gasteiger charge is -2.04. The summed E-state index contributed by atoms with van der Waals surface area (Å²) in [7, 11) is 1.71. The Morgan fingerprint density at radius 1 is 1.15 bits per heavy atom. The molecule has 0 bridgehead atoms. The van der Waals surface area contributed by atoms with Crippen LogP contribution in [0, 0.1) is 0 Å². The monoisotopic (exact) mass is 268 g/mol. The van der Waals surface area contributed by atoms with Crippen LogP contribution < -0.4 is 0 Å². The number of imidazole rings is 1. The lowest BCUT2D eigenvalue weighted by molar-refractivity contribution is 0.190. The first-order chi connectivity index (χ1) is 9.88. The molecule has 0 aliphatic carbocycles. The Kier molecular flexibility index (Phi) is 3.69. The Hall–Kier alpha value is -2.27. The SMILES string of the molecule is COCCCn1cnc2cc(-c3ccncc3)cnc21. The van der Waals surface area contributed by atoms with Gasteiger partial charge in [-0.1, -0.05) is 0 Å². The highest BCUT2D eigenvalue weighted by Gasteiger charge is 2.06. The first-order valence-corrected chi connectivity index (χ1v) is 6.59. The van der Waals surface area contributed by atoms with Crippen LogP contribution in [0.5, 0.6) is 0 Å². The number of rotatable bonds is 5. The average Bonchev–Trinajstić information content (AvgIpc) is 2.91. The minimum atomic E-state index is 0.745. The summed E-state index contributed by atoms with van der Waals surface area (Å²) in [6, 6.07) is 6.00. The molecule has 3 rings (SSSR count). The van der Waals surface area contributed by atoms with Crippen LogP contribution in [0.1, 0.15) is 6.42 Å². The largest absolute Gasteiger partial charge is 0.385 e. The molecule has 0 aliphatic heterocycles. The van der Waals surface area contributed by atoms with Crippen LogP contribution in [0.3, 0.4) is 0 Å². The number of hydrogen-bond donors (Lipinski definition) is 0. The van der Waals surface area contributed by atoms with Crippen LogP contribution in [-0.4, -0.2) is 33.2 Å². The highest BCUT2D eigenvalue weighted by molar-refractivity contribution is 5.77. The summed E-state index contributed by atoms with van der Waals surface area (Å²) in [6.45, 7) is 1.61. The van der Waals surface area contributed by atoms with E-state index < -0.39 is 0 Å². The van der Waals surface area contributed by atoms with Crippen molar-refractivity contribution in [3.8, 4) is 11.1 Å². The highest BCUT2D eigenvalue weighted by atomic mass is 16.5. The summed E-state index contributed by atoms with van der Waals surface area (Å²) < 4.78 is 7.13. The van der Waals surface area contributed by atoms with E-state index in [0.29, 0.717) is 0 Å². The van der Waals surface area contributed by atoms with Gasteiger partial charge in [-0.2, -0.15) is 0 Å². The standard InChI is InChI=1S/C15H16N4O/c1-20-8-2-7-19-11-18-14-9-13(10-17-15(14)19)12-3-5-16-6-4-12/h3-6,9-11H,2,7-8H2,1H3. The Morgan fingerprint density at radius 3 is 2.80 bits per heavy atom. The Labute approximate surface area is 117 Å². The molecule has 3 aromatic heterocycles. The molecular formula is C15H16N4O. The quantitative estimate of drug-likeness (QED) is 0.667. The normalized spacial score (nSPS) is 11.1. The van der Waals surface area contributed by atoms with E-state index in [1.165, 1.54) is 0 Å². The number of ether oxygens (including phenoxy) is 1. The van der Waals surface area contributed by atoms with Crippen molar-refractivity contribution in [3.63, 3.8) is 0 Å². The maximum atomic E-state index is 5.07. The molecule has 5 heteroatoms. The predicted molar refractivity (Wildman–Crippen MR) is 77.3 cm³/mol. The molecule has 0 aromatic carbocycles. The Balaban J connectivity index is 1.90. The lowest BCUT2D eigenvalue weighted by Crippen LogP contribution is -2.00. The van der Waals surface area contributed by atoms with Gasteiger partial charge in [-0.25, -0.2) is 9.97 Å². The van der Waals surface area contributed by atoms with E-state index in [4.69, 9.17) is 4.74 Å². The molecule has 0 saturated carbocycles. The van der Waals surface area contributed by atoms with Crippen molar-refractivity contribution in [2.45, 2.75) is 13.0 Å². The van der Waals surface area contributed by atoms with E-state index in [0.717, 1.165) is 41.9 Å². The summed E-state index contributed by atoms with van der Waals surface area (Å²) in [4.78, 5) is 13.0. The van der Waals surface area contributed by atoms with Crippen LogP contribution >= 0.6 is 0 Å². The van der Waals surface area contributed by atoms with E-state index in [1.807, 2.05) is 24.7 Å². The van der Waals surface area contributed by atoms with Gasteiger partial charge >= 0.3 is 0 Å². The van der Waals surface area contributed by atoms with Crippen LogP contribution in [0.25, 0.3) is 22.3 Å². The Morgan fingerprint density at radius 2 is 2.00 bits per heavy atom. The number of aryl methyl sites for hydroxylation is 1. The van der Waals surface area contributed by atoms with E-state index in [-0.39, 0.29) is 0 Å². The van der Waals surface area contributed by atoms with Gasteiger partial charge in [-0.3, -0.25) is 4.98 Å². The second-order valence-electron chi connectivity index (χ2n) is 4.59. The third kappa shape index (κ3) is 2.53. The van der Waals surface area contributed by atoms with Gasteiger partial charge in [0.15, 0.2) is 5.65 Å². The summed E-state index contributed by atoms with van der Waals surface area (Å²) >= 11 is 0. The minimum absolute atomic E-state index is 0.745. The zero-order valence-corrected chi connectivity index (χ0v) is 11.4. The van der Waals surface area contributed by atoms with Crippen molar-refractivity contribution in [2.24, 2.45) is 0 Å². The van der Waals surface area contributed by atoms with Crippen molar-refractivity contribution in [1.82, 2.24) is 19.5 Å². The molecule has 3 aromatic rings. The van der Waals surface area contributed by atoms with Crippen LogP contribution in [0.2, 0.25) is 0 Å². The fraction of sp³-hybridized carbons (Fsp3) is 0.267. The van der Waals surface area contributed by atoms with Crippen molar-refractivity contribution >= 4 is 11.2 Å². The molecule has 0 spiro atoms. The van der Waals surface area contributed by atoms with Crippen LogP contribution in [-0.2, 0) is 11.3 Å². The first-order valence-electron chi connectivity index (χ1n) is 6.59. The van der Waals surface area contributed by atoms with Gasteiger partial charge < -0.3 is 9.30 Å². The molecule has 3 heterocycles. The molecule has 0 N–H and O–H groups in total. The molecule has 0 atom stereocenters. The molecule has 0 radical (unpaired) electrons. The van der Waals surface area contributed by atoms with Crippen molar-refractivity contribution in [1.29, 1.82) is 0 Å². The van der Waals surface area contributed by atoms with E-state index >= 15 is 0 Å². The number of hydrogen-bond acceptors (Lipinski definition) is 4. The second-order valence-corrected chi connectivity index (χ2v) is 4.59. The van der Waals surface area contributed by atoms with Gasteiger partial charge in [0.25, 0.3) is 0 Å². The van der Waals surface area contributed by atoms with E-state index in [2.05, 4.69) is 25.6 Å². The highest BCUT2D eigenvalue weighted by Crippen LogP contribution is 2.21. The minimum Gasteiger partial charge on any atom is -0.385 e. The maximum absolute atomic E-state index is 5.07. The van der Waals surface area contributed by atoms with Gasteiger partial charge in [0.2, 0.25) is 0 Å². The predicted octanol–water partition coefficient (Wildman–Crippen LogP) is 2.53. The summed E-state index contributed by atoms with van der Waals surface area (Å²) in [5.41, 5.74) is 3.99. The number of methoxy groups -OCH3 is 1. The topological polar surface area (TPSA) is 52.8 Å². The summed E-state index contributed by atoms with van der Waals surface area (Å²) in [6.07, 6.45) is 8.23. The van der Waals surface area contributed by atoms with Crippen molar-refractivity contribution in [2.75, 3.05) is 13.7 Å². The number of nitrogens with zero attached hydrogens (tertiary/aromatic N) is 4. The Bertz CT molecular complexity index is 693. The van der Waals surface area contributed by atoms with E-state index in [1.54, 1.807) is 19.5 Å². The van der Waals surface area contributed by atoms with Gasteiger partial charge in [0.1, 0.15) is 5.52 Å². The summed E-state index contributed by atoms with van der Waals surface area (Å²) in [5, 5.41) is 0. The second kappa shape index (κ2) is 5.79. The van der Waals surface area contributed by atoms with Gasteiger partial charge in [-0.15, -0.1) is 0 Å². The maximum Gasteiger partial charge on any atom is 0.159 e. The molecule has 0 fully saturated rings. The van der Waals surface area contributed by atoms with Gasteiger partial charge in [-0.05, 0) is 30.2 Å². The fourth-order valence-electron chi connectivity index (χ4n) is 2.19. The molecule has 0 saturated heterocycles. The molecule has 0 unspecified atom stereocenters. The third-order valence-electron chi connectivity index (χ3n) is 3.22. The third-order valence-corrected chi connectivity index (χ3v) is 3.22. The zero-order valence-electron chi connectivity index (χ0n) is 11.4. The van der Waals surface area contributed by atoms with Crippen LogP contribution in [0.15, 0.2) is 43.1 Å². The van der Waals surface area contributed by atoms with Gasteiger partial charge in [0.05, 0.1) is 6.33 Å². The molecule has 102 valence electrons. The van der Waals surface area contributed by atoms with Crippen molar-refractivity contribution in [3.05, 3.63) is 43.1 Å². The first kappa shape index (κ1) is 12.7. The number of aromatic nitrogens is 4. The number of fused-ring (bicyclic) bond motifs is 1. The molecule has 0 aliphatic rings.